The molecule has 0 heterocycles. The summed E-state index contributed by atoms with van der Waals surface area (Å²) in [4.78, 5) is 12.8. The van der Waals surface area contributed by atoms with Crippen LogP contribution < -0.4 is 0 Å². The third-order valence-corrected chi connectivity index (χ3v) is 5.17. The van der Waals surface area contributed by atoms with Crippen molar-refractivity contribution in [1.82, 2.24) is 4.67 Å². The van der Waals surface area contributed by atoms with E-state index in [-0.39, 0.29) is 13.2 Å². The first kappa shape index (κ1) is 23.2. The van der Waals surface area contributed by atoms with Gasteiger partial charge >= 0.3 is 13.8 Å². The Morgan fingerprint density at radius 1 is 1.17 bits per heavy atom. The SMILES string of the molecule is C/C=C/C(CCCC)N(C(=O)OC(C)(C)C)P(=O)(OCC)OCC. The van der Waals surface area contributed by atoms with Gasteiger partial charge in [0.05, 0.1) is 19.3 Å². The molecule has 1 amide bonds. The Morgan fingerprint density at radius 3 is 2.08 bits per heavy atom. The van der Waals surface area contributed by atoms with E-state index in [2.05, 4.69) is 6.92 Å². The van der Waals surface area contributed by atoms with E-state index in [1.165, 1.54) is 0 Å². The summed E-state index contributed by atoms with van der Waals surface area (Å²) in [7, 11) is -3.79. The smallest absolute Gasteiger partial charge is 0.440 e. The fourth-order valence-electron chi connectivity index (χ4n) is 2.15. The van der Waals surface area contributed by atoms with Crippen molar-refractivity contribution in [2.45, 2.75) is 79.4 Å². The highest BCUT2D eigenvalue weighted by atomic mass is 31.2. The lowest BCUT2D eigenvalue weighted by molar-refractivity contribution is 0.0274. The molecule has 0 bridgehead atoms. The summed E-state index contributed by atoms with van der Waals surface area (Å²) in [6.45, 7) is 13.0. The van der Waals surface area contributed by atoms with E-state index in [1.54, 1.807) is 34.6 Å². The molecule has 142 valence electrons. The molecule has 0 aliphatic rings. The van der Waals surface area contributed by atoms with Gasteiger partial charge in [0, 0.05) is 0 Å². The number of carbonyl (C=O) groups excluding carboxylic acids is 1. The Bertz CT molecular complexity index is 435. The third-order valence-electron chi connectivity index (χ3n) is 3.01. The highest BCUT2D eigenvalue weighted by Crippen LogP contribution is 2.54. The van der Waals surface area contributed by atoms with Crippen LogP contribution >= 0.6 is 7.75 Å². The van der Waals surface area contributed by atoms with Crippen molar-refractivity contribution in [3.05, 3.63) is 12.2 Å². The van der Waals surface area contributed by atoms with Crippen LogP contribution in [0.25, 0.3) is 0 Å². The van der Waals surface area contributed by atoms with E-state index in [1.807, 2.05) is 19.1 Å². The number of carbonyl (C=O) groups is 1. The summed E-state index contributed by atoms with van der Waals surface area (Å²) >= 11 is 0. The summed E-state index contributed by atoms with van der Waals surface area (Å²) in [6, 6.07) is -0.409. The number of allylic oxidation sites excluding steroid dienone is 1. The monoisotopic (exact) mass is 363 g/mol. The number of hydrogen-bond acceptors (Lipinski definition) is 5. The number of unbranched alkanes of at least 4 members (excludes halogenated alkanes) is 1. The predicted molar refractivity (Wildman–Crippen MR) is 97.1 cm³/mol. The molecular formula is C17H34NO5P. The molecule has 0 radical (unpaired) electrons. The van der Waals surface area contributed by atoms with E-state index in [4.69, 9.17) is 13.8 Å². The molecule has 0 N–H and O–H groups in total. The summed E-state index contributed by atoms with van der Waals surface area (Å²) in [5, 5.41) is 0. The standard InChI is InChI=1S/C17H34NO5P/c1-8-12-14-15(13-9-2)18(16(19)23-17(5,6)7)24(20,21-10-3)22-11-4/h9,13,15H,8,10-12,14H2,1-7H3/b13-9+. The van der Waals surface area contributed by atoms with Crippen molar-refractivity contribution in [1.29, 1.82) is 0 Å². The van der Waals surface area contributed by atoms with Crippen LogP contribution in [0.4, 0.5) is 4.79 Å². The molecule has 0 aromatic carbocycles. The maximum Gasteiger partial charge on any atom is 0.440 e. The zero-order valence-electron chi connectivity index (χ0n) is 16.2. The minimum Gasteiger partial charge on any atom is -0.443 e. The van der Waals surface area contributed by atoms with Gasteiger partial charge in [0.25, 0.3) is 0 Å². The first-order valence-corrected chi connectivity index (χ1v) is 10.2. The Kier molecular flexibility index (Phi) is 10.5. The Labute approximate surface area is 147 Å². The molecule has 0 aromatic rings. The van der Waals surface area contributed by atoms with Gasteiger partial charge in [-0.05, 0) is 48.0 Å². The average Bonchev–Trinajstić information content (AvgIpc) is 2.43. The first-order chi connectivity index (χ1) is 11.1. The van der Waals surface area contributed by atoms with Crippen molar-refractivity contribution in [3.63, 3.8) is 0 Å². The number of ether oxygens (including phenoxy) is 1. The van der Waals surface area contributed by atoms with Gasteiger partial charge in [-0.2, -0.15) is 0 Å². The summed E-state index contributed by atoms with van der Waals surface area (Å²) < 4.78 is 30.7. The highest BCUT2D eigenvalue weighted by Gasteiger charge is 2.43. The van der Waals surface area contributed by atoms with Crippen LogP contribution in [0.3, 0.4) is 0 Å². The number of nitrogens with zero attached hydrogens (tertiary/aromatic N) is 1. The molecule has 1 atom stereocenters. The molecule has 0 spiro atoms. The first-order valence-electron chi connectivity index (χ1n) is 8.69. The van der Waals surface area contributed by atoms with E-state index >= 15 is 0 Å². The van der Waals surface area contributed by atoms with Gasteiger partial charge in [0.2, 0.25) is 0 Å². The maximum absolute atomic E-state index is 13.3. The van der Waals surface area contributed by atoms with Crippen molar-refractivity contribution in [2.75, 3.05) is 13.2 Å². The highest BCUT2D eigenvalue weighted by molar-refractivity contribution is 7.52. The molecule has 0 saturated carbocycles. The third kappa shape index (κ3) is 7.82. The Balaban J connectivity index is 5.84. The van der Waals surface area contributed by atoms with Crippen LogP contribution in [-0.4, -0.2) is 35.6 Å². The van der Waals surface area contributed by atoms with Crippen LogP contribution in [0.15, 0.2) is 12.2 Å². The summed E-state index contributed by atoms with van der Waals surface area (Å²) in [6.07, 6.45) is 5.48. The van der Waals surface area contributed by atoms with Crippen LogP contribution in [0, 0.1) is 0 Å². The predicted octanol–water partition coefficient (Wildman–Crippen LogP) is 5.54. The van der Waals surface area contributed by atoms with Crippen molar-refractivity contribution >= 4 is 13.8 Å². The lowest BCUT2D eigenvalue weighted by Gasteiger charge is -2.35. The zero-order chi connectivity index (χ0) is 18.8. The van der Waals surface area contributed by atoms with E-state index in [9.17, 15) is 9.36 Å². The normalized spacial score (nSPS) is 14.0. The second kappa shape index (κ2) is 10.9. The van der Waals surface area contributed by atoms with Gasteiger partial charge in [-0.25, -0.2) is 14.0 Å². The molecule has 0 rings (SSSR count). The van der Waals surface area contributed by atoms with E-state index < -0.39 is 25.5 Å². The summed E-state index contributed by atoms with van der Waals surface area (Å²) in [5.74, 6) is 0. The largest absolute Gasteiger partial charge is 0.443 e. The quantitative estimate of drug-likeness (QED) is 0.377. The van der Waals surface area contributed by atoms with Crippen LogP contribution in [0.2, 0.25) is 0 Å². The van der Waals surface area contributed by atoms with E-state index in [0.717, 1.165) is 17.5 Å². The molecule has 0 aromatic heterocycles. The fraction of sp³-hybridized carbons (Fsp3) is 0.824. The molecular weight excluding hydrogens is 329 g/mol. The molecule has 0 aliphatic carbocycles. The molecule has 24 heavy (non-hydrogen) atoms. The number of amides is 1. The maximum atomic E-state index is 13.3. The second-order valence-corrected chi connectivity index (χ2v) is 8.25. The fourth-order valence-corrected chi connectivity index (χ4v) is 3.92. The van der Waals surface area contributed by atoms with Crippen LogP contribution in [-0.2, 0) is 18.3 Å². The Morgan fingerprint density at radius 2 is 1.71 bits per heavy atom. The zero-order valence-corrected chi connectivity index (χ0v) is 17.1. The van der Waals surface area contributed by atoms with Crippen molar-refractivity contribution < 1.29 is 23.1 Å². The van der Waals surface area contributed by atoms with Gasteiger partial charge in [-0.3, -0.25) is 9.05 Å². The minimum absolute atomic E-state index is 0.174. The van der Waals surface area contributed by atoms with Crippen molar-refractivity contribution in [3.8, 4) is 0 Å². The van der Waals surface area contributed by atoms with Crippen LogP contribution in [0.5, 0.6) is 0 Å². The molecule has 0 fully saturated rings. The Hall–Kier alpha value is -0.840. The van der Waals surface area contributed by atoms with Gasteiger partial charge in [0.15, 0.2) is 0 Å². The number of hydrogen-bond donors (Lipinski definition) is 0. The number of rotatable bonds is 10. The van der Waals surface area contributed by atoms with Crippen LogP contribution in [0.1, 0.15) is 67.7 Å². The minimum atomic E-state index is -3.79. The second-order valence-electron chi connectivity index (χ2n) is 6.36. The molecule has 7 heteroatoms. The lowest BCUT2D eigenvalue weighted by atomic mass is 10.1. The van der Waals surface area contributed by atoms with Gasteiger partial charge in [-0.15, -0.1) is 0 Å². The molecule has 1 unspecified atom stereocenters. The lowest BCUT2D eigenvalue weighted by Crippen LogP contribution is -2.41. The van der Waals surface area contributed by atoms with Gasteiger partial charge in [-0.1, -0.05) is 31.9 Å². The van der Waals surface area contributed by atoms with Gasteiger partial charge < -0.3 is 4.74 Å². The summed E-state index contributed by atoms with van der Waals surface area (Å²) in [5.41, 5.74) is -0.705. The molecule has 0 aliphatic heterocycles. The molecule has 6 nitrogen and oxygen atoms in total. The van der Waals surface area contributed by atoms with E-state index in [0.29, 0.717) is 6.42 Å². The average molecular weight is 363 g/mol. The van der Waals surface area contributed by atoms with Gasteiger partial charge in [0.1, 0.15) is 5.60 Å². The van der Waals surface area contributed by atoms with Crippen molar-refractivity contribution in [2.24, 2.45) is 0 Å². The molecule has 0 saturated heterocycles. The topological polar surface area (TPSA) is 65.1 Å².